The SMILES string of the molecule is c1ccc(Oc2ccc(O[C@H]3CCCNC3)cc2)cc1. The van der Waals surface area contributed by atoms with Crippen LogP contribution < -0.4 is 14.8 Å². The molecule has 20 heavy (non-hydrogen) atoms. The van der Waals surface area contributed by atoms with Gasteiger partial charge in [-0.25, -0.2) is 0 Å². The number of piperidine rings is 1. The molecular formula is C17H19NO2. The molecule has 1 saturated heterocycles. The number of benzene rings is 2. The Morgan fingerprint density at radius 3 is 2.25 bits per heavy atom. The highest BCUT2D eigenvalue weighted by Gasteiger charge is 2.14. The Kier molecular flexibility index (Phi) is 4.19. The van der Waals surface area contributed by atoms with Crippen LogP contribution in [0.1, 0.15) is 12.8 Å². The fraction of sp³-hybridized carbons (Fsp3) is 0.294. The first kappa shape index (κ1) is 13.0. The molecule has 0 aromatic heterocycles. The van der Waals surface area contributed by atoms with Gasteiger partial charge in [0.15, 0.2) is 0 Å². The van der Waals surface area contributed by atoms with Gasteiger partial charge in [0, 0.05) is 6.54 Å². The summed E-state index contributed by atoms with van der Waals surface area (Å²) in [6.07, 6.45) is 2.58. The van der Waals surface area contributed by atoms with Gasteiger partial charge in [0.25, 0.3) is 0 Å². The molecule has 2 aromatic rings. The summed E-state index contributed by atoms with van der Waals surface area (Å²) in [5, 5.41) is 3.35. The van der Waals surface area contributed by atoms with Crippen molar-refractivity contribution in [2.45, 2.75) is 18.9 Å². The Morgan fingerprint density at radius 2 is 1.55 bits per heavy atom. The lowest BCUT2D eigenvalue weighted by molar-refractivity contribution is 0.167. The number of ether oxygens (including phenoxy) is 2. The molecule has 3 rings (SSSR count). The molecule has 1 aliphatic heterocycles. The van der Waals surface area contributed by atoms with E-state index in [1.807, 2.05) is 54.6 Å². The van der Waals surface area contributed by atoms with Gasteiger partial charge >= 0.3 is 0 Å². The molecular weight excluding hydrogens is 250 g/mol. The Balaban J connectivity index is 1.59. The Hall–Kier alpha value is -2.00. The topological polar surface area (TPSA) is 30.5 Å². The minimum absolute atomic E-state index is 0.282. The van der Waals surface area contributed by atoms with Gasteiger partial charge in [-0.1, -0.05) is 18.2 Å². The number of nitrogens with one attached hydrogen (secondary N) is 1. The van der Waals surface area contributed by atoms with Crippen molar-refractivity contribution in [2.24, 2.45) is 0 Å². The van der Waals surface area contributed by atoms with Crippen LogP contribution in [0.25, 0.3) is 0 Å². The summed E-state index contributed by atoms with van der Waals surface area (Å²) in [6, 6.07) is 17.6. The van der Waals surface area contributed by atoms with E-state index in [4.69, 9.17) is 9.47 Å². The standard InChI is InChI=1S/C17H19NO2/c1-2-5-14(6-3-1)19-15-8-10-16(11-9-15)20-17-7-4-12-18-13-17/h1-3,5-6,8-11,17-18H,4,7,12-13H2/t17-/m0/s1. The van der Waals surface area contributed by atoms with Gasteiger partial charge in [-0.2, -0.15) is 0 Å². The maximum absolute atomic E-state index is 5.94. The third-order valence-corrected chi connectivity index (χ3v) is 3.36. The van der Waals surface area contributed by atoms with Crippen LogP contribution in [0.4, 0.5) is 0 Å². The second-order valence-corrected chi connectivity index (χ2v) is 4.97. The number of hydrogen-bond acceptors (Lipinski definition) is 3. The lowest BCUT2D eigenvalue weighted by Crippen LogP contribution is -2.37. The first-order valence-electron chi connectivity index (χ1n) is 7.10. The Bertz CT molecular complexity index is 518. The molecule has 1 aliphatic rings. The molecule has 1 heterocycles. The lowest BCUT2D eigenvalue weighted by Gasteiger charge is -2.23. The van der Waals surface area contributed by atoms with Gasteiger partial charge in [0.05, 0.1) is 0 Å². The zero-order valence-electron chi connectivity index (χ0n) is 11.4. The third-order valence-electron chi connectivity index (χ3n) is 3.36. The van der Waals surface area contributed by atoms with Gasteiger partial charge < -0.3 is 14.8 Å². The molecule has 0 bridgehead atoms. The highest BCUT2D eigenvalue weighted by molar-refractivity contribution is 5.35. The predicted octanol–water partition coefficient (Wildman–Crippen LogP) is 3.61. The summed E-state index contributed by atoms with van der Waals surface area (Å²) in [5.74, 6) is 2.57. The average Bonchev–Trinajstić information content (AvgIpc) is 2.51. The maximum atomic E-state index is 5.94. The first-order chi connectivity index (χ1) is 9.90. The van der Waals surface area contributed by atoms with Crippen LogP contribution in [0.2, 0.25) is 0 Å². The van der Waals surface area contributed by atoms with Crippen molar-refractivity contribution in [2.75, 3.05) is 13.1 Å². The van der Waals surface area contributed by atoms with E-state index in [1.165, 1.54) is 6.42 Å². The normalized spacial score (nSPS) is 18.5. The van der Waals surface area contributed by atoms with Gasteiger partial charge in [-0.3, -0.25) is 0 Å². The van der Waals surface area contributed by atoms with E-state index in [2.05, 4.69) is 5.32 Å². The van der Waals surface area contributed by atoms with Crippen molar-refractivity contribution >= 4 is 0 Å². The van der Waals surface area contributed by atoms with E-state index < -0.39 is 0 Å². The second kappa shape index (κ2) is 6.44. The zero-order chi connectivity index (χ0) is 13.6. The second-order valence-electron chi connectivity index (χ2n) is 4.97. The highest BCUT2D eigenvalue weighted by atomic mass is 16.5. The molecule has 1 atom stereocenters. The van der Waals surface area contributed by atoms with Crippen molar-refractivity contribution in [1.29, 1.82) is 0 Å². The van der Waals surface area contributed by atoms with Gasteiger partial charge in [-0.15, -0.1) is 0 Å². The summed E-state index contributed by atoms with van der Waals surface area (Å²) >= 11 is 0. The van der Waals surface area contributed by atoms with E-state index in [-0.39, 0.29) is 6.10 Å². The Morgan fingerprint density at radius 1 is 0.850 bits per heavy atom. The van der Waals surface area contributed by atoms with Crippen molar-refractivity contribution < 1.29 is 9.47 Å². The first-order valence-corrected chi connectivity index (χ1v) is 7.10. The van der Waals surface area contributed by atoms with Gasteiger partial charge in [0.1, 0.15) is 23.4 Å². The van der Waals surface area contributed by atoms with Crippen molar-refractivity contribution in [3.63, 3.8) is 0 Å². The van der Waals surface area contributed by atoms with Crippen LogP contribution in [0.15, 0.2) is 54.6 Å². The number of hydrogen-bond donors (Lipinski definition) is 1. The smallest absolute Gasteiger partial charge is 0.127 e. The van der Waals surface area contributed by atoms with E-state index in [0.717, 1.165) is 36.8 Å². The zero-order valence-corrected chi connectivity index (χ0v) is 11.4. The number of rotatable bonds is 4. The maximum Gasteiger partial charge on any atom is 0.127 e. The Labute approximate surface area is 119 Å². The molecule has 3 heteroatoms. The van der Waals surface area contributed by atoms with Gasteiger partial charge in [0.2, 0.25) is 0 Å². The highest BCUT2D eigenvalue weighted by Crippen LogP contribution is 2.24. The van der Waals surface area contributed by atoms with Crippen LogP contribution in [-0.2, 0) is 0 Å². The van der Waals surface area contributed by atoms with E-state index in [9.17, 15) is 0 Å². The average molecular weight is 269 g/mol. The summed E-state index contributed by atoms with van der Waals surface area (Å²) in [4.78, 5) is 0. The molecule has 2 aromatic carbocycles. The predicted molar refractivity (Wildman–Crippen MR) is 79.5 cm³/mol. The molecule has 0 radical (unpaired) electrons. The summed E-state index contributed by atoms with van der Waals surface area (Å²) in [7, 11) is 0. The third kappa shape index (κ3) is 3.52. The molecule has 0 saturated carbocycles. The van der Waals surface area contributed by atoms with Crippen LogP contribution in [0.3, 0.4) is 0 Å². The fourth-order valence-corrected chi connectivity index (χ4v) is 2.32. The quantitative estimate of drug-likeness (QED) is 0.919. The lowest BCUT2D eigenvalue weighted by atomic mass is 10.1. The minimum Gasteiger partial charge on any atom is -0.489 e. The largest absolute Gasteiger partial charge is 0.489 e. The van der Waals surface area contributed by atoms with Crippen molar-refractivity contribution in [3.8, 4) is 17.2 Å². The summed E-state index contributed by atoms with van der Waals surface area (Å²) < 4.78 is 11.7. The molecule has 0 amide bonds. The van der Waals surface area contributed by atoms with E-state index in [0.29, 0.717) is 0 Å². The van der Waals surface area contributed by atoms with Crippen LogP contribution in [0, 0.1) is 0 Å². The van der Waals surface area contributed by atoms with E-state index >= 15 is 0 Å². The van der Waals surface area contributed by atoms with Crippen molar-refractivity contribution in [1.82, 2.24) is 5.32 Å². The monoisotopic (exact) mass is 269 g/mol. The van der Waals surface area contributed by atoms with Crippen LogP contribution in [0.5, 0.6) is 17.2 Å². The summed E-state index contributed by atoms with van der Waals surface area (Å²) in [5.41, 5.74) is 0. The molecule has 0 aliphatic carbocycles. The molecule has 0 spiro atoms. The molecule has 104 valence electrons. The van der Waals surface area contributed by atoms with Crippen LogP contribution in [-0.4, -0.2) is 19.2 Å². The fourth-order valence-electron chi connectivity index (χ4n) is 2.32. The van der Waals surface area contributed by atoms with E-state index in [1.54, 1.807) is 0 Å². The molecule has 0 unspecified atom stereocenters. The molecule has 3 nitrogen and oxygen atoms in total. The van der Waals surface area contributed by atoms with Crippen LogP contribution >= 0.6 is 0 Å². The van der Waals surface area contributed by atoms with Crippen molar-refractivity contribution in [3.05, 3.63) is 54.6 Å². The molecule has 1 N–H and O–H groups in total. The molecule has 1 fully saturated rings. The van der Waals surface area contributed by atoms with Gasteiger partial charge in [-0.05, 0) is 55.8 Å². The summed E-state index contributed by atoms with van der Waals surface area (Å²) in [6.45, 7) is 2.03. The number of para-hydroxylation sites is 1. The minimum atomic E-state index is 0.282.